The molecule has 9 nitrogen and oxygen atoms in total. The summed E-state index contributed by atoms with van der Waals surface area (Å²) in [6, 6.07) is 14.7. The lowest BCUT2D eigenvalue weighted by Crippen LogP contribution is -2.38. The molecular weight excluding hydrogens is 550 g/mol. The second-order valence-electron chi connectivity index (χ2n) is 7.06. The van der Waals surface area contributed by atoms with Gasteiger partial charge < -0.3 is 10.1 Å². The molecule has 12 heteroatoms. The molecule has 0 saturated heterocycles. The van der Waals surface area contributed by atoms with E-state index in [0.29, 0.717) is 15.7 Å². The van der Waals surface area contributed by atoms with Crippen LogP contribution in [0.3, 0.4) is 0 Å². The van der Waals surface area contributed by atoms with E-state index in [1.165, 1.54) is 44.4 Å². The number of methoxy groups -OCH3 is 1. The van der Waals surface area contributed by atoms with Crippen molar-refractivity contribution in [1.82, 2.24) is 0 Å². The van der Waals surface area contributed by atoms with Gasteiger partial charge in [-0.25, -0.2) is 8.42 Å². The number of hydrogen-bond acceptors (Lipinski definition) is 6. The molecule has 3 rings (SSSR count). The van der Waals surface area contributed by atoms with E-state index < -0.39 is 27.4 Å². The fraction of sp³-hybridized carbons (Fsp3) is 0.136. The van der Waals surface area contributed by atoms with E-state index in [1.807, 2.05) is 0 Å². The van der Waals surface area contributed by atoms with E-state index in [2.05, 4.69) is 21.2 Å². The summed E-state index contributed by atoms with van der Waals surface area (Å²) in [4.78, 5) is 23.3. The number of aryl methyl sites for hydroxylation is 1. The number of nitro benzene ring substituents is 1. The number of anilines is 2. The maximum Gasteiger partial charge on any atom is 0.273 e. The second kappa shape index (κ2) is 10.4. The Labute approximate surface area is 209 Å². The third kappa shape index (κ3) is 5.49. The van der Waals surface area contributed by atoms with Crippen LogP contribution in [0.25, 0.3) is 0 Å². The molecular formula is C22H19BrClN3O6S. The van der Waals surface area contributed by atoms with E-state index in [9.17, 15) is 23.3 Å². The maximum absolute atomic E-state index is 13.7. The normalized spacial score (nSPS) is 11.1. The average molecular weight is 569 g/mol. The minimum Gasteiger partial charge on any atom is -0.495 e. The number of nitro groups is 1. The quantitative estimate of drug-likeness (QED) is 0.296. The number of halogens is 2. The molecule has 0 spiro atoms. The Hall–Kier alpha value is -3.15. The number of benzene rings is 3. The third-order valence-corrected chi connectivity index (χ3v) is 7.49. The molecule has 1 N–H and O–H groups in total. The van der Waals surface area contributed by atoms with Gasteiger partial charge in [-0.2, -0.15) is 0 Å². The maximum atomic E-state index is 13.7. The number of amides is 1. The van der Waals surface area contributed by atoms with E-state index in [4.69, 9.17) is 16.3 Å². The molecule has 3 aromatic rings. The number of ether oxygens (including phenoxy) is 1. The van der Waals surface area contributed by atoms with Gasteiger partial charge in [0, 0.05) is 21.1 Å². The van der Waals surface area contributed by atoms with Gasteiger partial charge in [0.1, 0.15) is 12.3 Å². The number of rotatable bonds is 8. The number of sulfonamides is 1. The molecule has 0 aliphatic carbocycles. The van der Waals surface area contributed by atoms with Crippen LogP contribution in [0.15, 0.2) is 70.0 Å². The van der Waals surface area contributed by atoms with Crippen LogP contribution < -0.4 is 14.4 Å². The van der Waals surface area contributed by atoms with E-state index in [-0.39, 0.29) is 27.0 Å². The van der Waals surface area contributed by atoms with Gasteiger partial charge in [0.05, 0.1) is 28.3 Å². The van der Waals surface area contributed by atoms with Crippen LogP contribution in [0.2, 0.25) is 5.02 Å². The fourth-order valence-corrected chi connectivity index (χ4v) is 5.11. The number of nitrogens with one attached hydrogen (secondary N) is 1. The summed E-state index contributed by atoms with van der Waals surface area (Å²) in [6.07, 6.45) is 0. The van der Waals surface area contributed by atoms with E-state index in [0.717, 1.165) is 10.4 Å². The monoisotopic (exact) mass is 567 g/mol. The lowest BCUT2D eigenvalue weighted by Gasteiger charge is -2.26. The predicted molar refractivity (Wildman–Crippen MR) is 133 cm³/mol. The van der Waals surface area contributed by atoms with Crippen molar-refractivity contribution < 1.29 is 22.9 Å². The minimum atomic E-state index is -4.46. The molecule has 0 heterocycles. The first-order valence-electron chi connectivity index (χ1n) is 9.70. The highest BCUT2D eigenvalue weighted by atomic mass is 79.9. The number of para-hydroxylation sites is 1. The third-order valence-electron chi connectivity index (χ3n) is 4.81. The molecule has 0 unspecified atom stereocenters. The van der Waals surface area contributed by atoms with Gasteiger partial charge in [0.15, 0.2) is 0 Å². The predicted octanol–water partition coefficient (Wildman–Crippen LogP) is 5.16. The zero-order valence-corrected chi connectivity index (χ0v) is 21.1. The van der Waals surface area contributed by atoms with Crippen molar-refractivity contribution in [2.75, 3.05) is 23.3 Å². The van der Waals surface area contributed by atoms with E-state index in [1.54, 1.807) is 24.3 Å². The van der Waals surface area contributed by atoms with Crippen LogP contribution in [-0.4, -0.2) is 32.9 Å². The number of hydrogen-bond donors (Lipinski definition) is 1. The molecule has 34 heavy (non-hydrogen) atoms. The Bertz CT molecular complexity index is 1370. The SMILES string of the molecule is COc1ccc(Cl)cc1N(CC(=O)Nc1ccccc1Br)S(=O)(=O)c1ccc(C)c([N+](=O)[O-])c1. The molecule has 0 aliphatic heterocycles. The summed E-state index contributed by atoms with van der Waals surface area (Å²) in [5.74, 6) is -0.512. The highest BCUT2D eigenvalue weighted by molar-refractivity contribution is 9.10. The Morgan fingerprint density at radius 2 is 1.88 bits per heavy atom. The summed E-state index contributed by atoms with van der Waals surface area (Å²) in [5.41, 5.74) is 0.369. The Balaban J connectivity index is 2.11. The van der Waals surface area contributed by atoms with Gasteiger partial charge in [-0.1, -0.05) is 29.8 Å². The molecule has 0 atom stereocenters. The molecule has 0 aromatic heterocycles. The summed E-state index contributed by atoms with van der Waals surface area (Å²) >= 11 is 9.44. The van der Waals surface area contributed by atoms with Gasteiger partial charge in [-0.3, -0.25) is 19.2 Å². The summed E-state index contributed by atoms with van der Waals surface area (Å²) < 4.78 is 34.0. The van der Waals surface area contributed by atoms with Gasteiger partial charge in [0.25, 0.3) is 15.7 Å². The Morgan fingerprint density at radius 1 is 1.18 bits per heavy atom. The lowest BCUT2D eigenvalue weighted by atomic mass is 10.2. The molecule has 178 valence electrons. The number of carbonyl (C=O) groups is 1. The van der Waals surface area contributed by atoms with Crippen molar-refractivity contribution in [2.45, 2.75) is 11.8 Å². The van der Waals surface area contributed by atoms with Crippen LogP contribution in [-0.2, 0) is 14.8 Å². The summed E-state index contributed by atoms with van der Waals surface area (Å²) in [7, 11) is -3.11. The van der Waals surface area contributed by atoms with Gasteiger partial charge in [0.2, 0.25) is 5.91 Å². The smallest absolute Gasteiger partial charge is 0.273 e. The zero-order chi connectivity index (χ0) is 25.0. The molecule has 0 saturated carbocycles. The lowest BCUT2D eigenvalue weighted by molar-refractivity contribution is -0.385. The van der Waals surface area contributed by atoms with E-state index >= 15 is 0 Å². The topological polar surface area (TPSA) is 119 Å². The van der Waals surface area contributed by atoms with Gasteiger partial charge in [-0.05, 0) is 59.3 Å². The highest BCUT2D eigenvalue weighted by Crippen LogP contribution is 2.36. The first-order chi connectivity index (χ1) is 16.0. The Morgan fingerprint density at radius 3 is 2.53 bits per heavy atom. The molecule has 3 aromatic carbocycles. The van der Waals surface area contributed by atoms with Crippen molar-refractivity contribution in [3.05, 3.63) is 85.8 Å². The fourth-order valence-electron chi connectivity index (χ4n) is 3.11. The Kier molecular flexibility index (Phi) is 7.80. The molecule has 1 amide bonds. The molecule has 0 bridgehead atoms. The van der Waals surface area contributed by atoms with Crippen LogP contribution in [0.4, 0.5) is 17.1 Å². The molecule has 0 radical (unpaired) electrons. The minimum absolute atomic E-state index is 0.000468. The average Bonchev–Trinajstić information content (AvgIpc) is 2.79. The van der Waals surface area contributed by atoms with Crippen LogP contribution >= 0.6 is 27.5 Å². The summed E-state index contributed by atoms with van der Waals surface area (Å²) in [6.45, 7) is 0.847. The van der Waals surface area contributed by atoms with Crippen LogP contribution in [0, 0.1) is 17.0 Å². The van der Waals surface area contributed by atoms with Crippen molar-refractivity contribution in [3.63, 3.8) is 0 Å². The zero-order valence-electron chi connectivity index (χ0n) is 18.0. The van der Waals surface area contributed by atoms with Gasteiger partial charge in [-0.15, -0.1) is 0 Å². The molecule has 0 aliphatic rings. The highest BCUT2D eigenvalue weighted by Gasteiger charge is 2.31. The van der Waals surface area contributed by atoms with Gasteiger partial charge >= 0.3 is 0 Å². The van der Waals surface area contributed by atoms with Crippen molar-refractivity contribution in [2.24, 2.45) is 0 Å². The summed E-state index contributed by atoms with van der Waals surface area (Å²) in [5, 5.41) is 14.2. The number of carbonyl (C=O) groups excluding carboxylic acids is 1. The largest absolute Gasteiger partial charge is 0.495 e. The van der Waals surface area contributed by atoms with Crippen LogP contribution in [0.5, 0.6) is 5.75 Å². The first kappa shape index (κ1) is 25.5. The van der Waals surface area contributed by atoms with Crippen LogP contribution in [0.1, 0.15) is 5.56 Å². The van der Waals surface area contributed by atoms with Crippen molar-refractivity contribution >= 4 is 60.5 Å². The standard InChI is InChI=1S/C22H19BrClN3O6S/c1-14-7-9-16(12-19(14)27(29)30)34(31,32)26(20-11-15(24)8-10-21(20)33-2)13-22(28)25-18-6-4-3-5-17(18)23/h3-12H,13H2,1-2H3,(H,25,28). The second-order valence-corrected chi connectivity index (χ2v) is 10.2. The van der Waals surface area contributed by atoms with Crippen molar-refractivity contribution in [3.8, 4) is 5.75 Å². The van der Waals surface area contributed by atoms with Crippen molar-refractivity contribution in [1.29, 1.82) is 0 Å². The number of nitrogens with zero attached hydrogens (tertiary/aromatic N) is 2. The molecule has 0 fully saturated rings. The first-order valence-corrected chi connectivity index (χ1v) is 12.3.